The third-order valence-corrected chi connectivity index (χ3v) is 4.89. The summed E-state index contributed by atoms with van der Waals surface area (Å²) >= 11 is 0. The summed E-state index contributed by atoms with van der Waals surface area (Å²) in [6.45, 7) is 5.38. The van der Waals surface area contributed by atoms with Crippen LogP contribution in [0.4, 0.5) is 0 Å². The highest BCUT2D eigenvalue weighted by Crippen LogP contribution is 2.30. The standard InChI is InChI=1S/C16H28N2O3/c1-2-9-18-10-7-12(8-11-18)17-15(19)13-5-3-4-6-14(13)16(20)21/h12-14H,2-11H2,1H3,(H,17,19)(H,20,21)/t13-,14+/m0/s1. The average Bonchev–Trinajstić information content (AvgIpc) is 2.49. The molecule has 0 aromatic carbocycles. The fourth-order valence-corrected chi connectivity index (χ4v) is 3.67. The van der Waals surface area contributed by atoms with Gasteiger partial charge in [-0.15, -0.1) is 0 Å². The maximum atomic E-state index is 12.4. The monoisotopic (exact) mass is 296 g/mol. The van der Waals surface area contributed by atoms with Crippen molar-refractivity contribution in [1.82, 2.24) is 10.2 Å². The topological polar surface area (TPSA) is 69.6 Å². The van der Waals surface area contributed by atoms with Gasteiger partial charge in [-0.2, -0.15) is 0 Å². The van der Waals surface area contributed by atoms with Crippen molar-refractivity contribution in [1.29, 1.82) is 0 Å². The molecule has 1 aliphatic carbocycles. The van der Waals surface area contributed by atoms with Gasteiger partial charge < -0.3 is 15.3 Å². The minimum Gasteiger partial charge on any atom is -0.481 e. The molecule has 0 aromatic heterocycles. The quantitative estimate of drug-likeness (QED) is 0.812. The highest BCUT2D eigenvalue weighted by molar-refractivity contribution is 5.85. The Kier molecular flexibility index (Phi) is 6.03. The highest BCUT2D eigenvalue weighted by Gasteiger charge is 2.36. The summed E-state index contributed by atoms with van der Waals surface area (Å²) < 4.78 is 0. The Labute approximate surface area is 127 Å². The van der Waals surface area contributed by atoms with Crippen LogP contribution >= 0.6 is 0 Å². The molecule has 2 N–H and O–H groups in total. The fraction of sp³-hybridized carbons (Fsp3) is 0.875. The summed E-state index contributed by atoms with van der Waals surface area (Å²) in [5, 5.41) is 12.4. The fourth-order valence-electron chi connectivity index (χ4n) is 3.67. The zero-order chi connectivity index (χ0) is 15.2. The molecule has 0 aromatic rings. The zero-order valence-electron chi connectivity index (χ0n) is 13.0. The van der Waals surface area contributed by atoms with E-state index >= 15 is 0 Å². The molecule has 21 heavy (non-hydrogen) atoms. The van der Waals surface area contributed by atoms with Gasteiger partial charge in [-0.3, -0.25) is 9.59 Å². The van der Waals surface area contributed by atoms with Crippen molar-refractivity contribution in [3.8, 4) is 0 Å². The summed E-state index contributed by atoms with van der Waals surface area (Å²) in [6, 6.07) is 0.224. The molecular formula is C16H28N2O3. The van der Waals surface area contributed by atoms with Crippen LogP contribution in [0.15, 0.2) is 0 Å². The van der Waals surface area contributed by atoms with E-state index in [1.807, 2.05) is 0 Å². The lowest BCUT2D eigenvalue weighted by Crippen LogP contribution is -2.48. The molecule has 2 atom stereocenters. The van der Waals surface area contributed by atoms with Crippen molar-refractivity contribution >= 4 is 11.9 Å². The lowest BCUT2D eigenvalue weighted by Gasteiger charge is -2.34. The molecule has 2 aliphatic rings. The van der Waals surface area contributed by atoms with E-state index in [0.717, 1.165) is 51.7 Å². The zero-order valence-corrected chi connectivity index (χ0v) is 13.0. The molecule has 0 spiro atoms. The molecule has 2 fully saturated rings. The number of rotatable bonds is 5. The number of hydrogen-bond acceptors (Lipinski definition) is 3. The van der Waals surface area contributed by atoms with Gasteiger partial charge >= 0.3 is 5.97 Å². The first-order valence-electron chi connectivity index (χ1n) is 8.37. The molecule has 0 radical (unpaired) electrons. The van der Waals surface area contributed by atoms with Gasteiger partial charge in [-0.05, 0) is 38.6 Å². The molecule has 1 saturated heterocycles. The van der Waals surface area contributed by atoms with Gasteiger partial charge in [0, 0.05) is 19.1 Å². The van der Waals surface area contributed by atoms with E-state index in [1.165, 1.54) is 6.42 Å². The summed E-state index contributed by atoms with van der Waals surface area (Å²) in [5.41, 5.74) is 0. The van der Waals surface area contributed by atoms with E-state index in [4.69, 9.17) is 0 Å². The second kappa shape index (κ2) is 7.78. The van der Waals surface area contributed by atoms with Gasteiger partial charge in [0.15, 0.2) is 0 Å². The van der Waals surface area contributed by atoms with Crippen LogP contribution in [-0.4, -0.2) is 47.6 Å². The van der Waals surface area contributed by atoms with Crippen LogP contribution in [0.25, 0.3) is 0 Å². The van der Waals surface area contributed by atoms with Gasteiger partial charge in [0.1, 0.15) is 0 Å². The smallest absolute Gasteiger partial charge is 0.307 e. The highest BCUT2D eigenvalue weighted by atomic mass is 16.4. The lowest BCUT2D eigenvalue weighted by atomic mass is 9.78. The molecular weight excluding hydrogens is 268 g/mol. The SMILES string of the molecule is CCCN1CCC(NC(=O)[C@H]2CCCC[C@H]2C(=O)O)CC1. The number of aliphatic carboxylic acids is 1. The predicted octanol–water partition coefficient (Wildman–Crippen LogP) is 1.87. The number of amides is 1. The largest absolute Gasteiger partial charge is 0.481 e. The van der Waals surface area contributed by atoms with Crippen molar-refractivity contribution in [3.05, 3.63) is 0 Å². The van der Waals surface area contributed by atoms with Crippen molar-refractivity contribution in [3.63, 3.8) is 0 Å². The predicted molar refractivity (Wildman–Crippen MR) is 81.0 cm³/mol. The van der Waals surface area contributed by atoms with Gasteiger partial charge in [0.05, 0.1) is 11.8 Å². The van der Waals surface area contributed by atoms with E-state index in [2.05, 4.69) is 17.1 Å². The van der Waals surface area contributed by atoms with Crippen LogP contribution in [0, 0.1) is 11.8 Å². The molecule has 2 rings (SSSR count). The summed E-state index contributed by atoms with van der Waals surface area (Å²) in [7, 11) is 0. The van der Waals surface area contributed by atoms with Gasteiger partial charge in [0.2, 0.25) is 5.91 Å². The van der Waals surface area contributed by atoms with Crippen molar-refractivity contribution in [2.24, 2.45) is 11.8 Å². The molecule has 1 heterocycles. The first-order chi connectivity index (χ1) is 10.1. The van der Waals surface area contributed by atoms with Crippen LogP contribution in [0.2, 0.25) is 0 Å². The Balaban J connectivity index is 1.82. The number of hydrogen-bond donors (Lipinski definition) is 2. The second-order valence-electron chi connectivity index (χ2n) is 6.46. The Morgan fingerprint density at radius 2 is 1.71 bits per heavy atom. The third-order valence-electron chi connectivity index (χ3n) is 4.89. The van der Waals surface area contributed by atoms with Crippen molar-refractivity contribution in [2.75, 3.05) is 19.6 Å². The maximum Gasteiger partial charge on any atom is 0.307 e. The summed E-state index contributed by atoms with van der Waals surface area (Å²) in [5.74, 6) is -1.66. The first kappa shape index (κ1) is 16.3. The number of carbonyl (C=O) groups is 2. The summed E-state index contributed by atoms with van der Waals surface area (Å²) in [4.78, 5) is 26.1. The van der Waals surface area contributed by atoms with Crippen LogP contribution < -0.4 is 5.32 Å². The van der Waals surface area contributed by atoms with Crippen LogP contribution in [0.1, 0.15) is 51.9 Å². The number of nitrogens with zero attached hydrogens (tertiary/aromatic N) is 1. The Morgan fingerprint density at radius 3 is 2.29 bits per heavy atom. The Bertz CT molecular complexity index is 365. The molecule has 5 heteroatoms. The summed E-state index contributed by atoms with van der Waals surface area (Å²) in [6.07, 6.45) is 6.39. The van der Waals surface area contributed by atoms with Gasteiger partial charge in [-0.1, -0.05) is 19.8 Å². The second-order valence-corrected chi connectivity index (χ2v) is 6.46. The number of piperidine rings is 1. The van der Waals surface area contributed by atoms with Crippen molar-refractivity contribution < 1.29 is 14.7 Å². The van der Waals surface area contributed by atoms with E-state index in [1.54, 1.807) is 0 Å². The van der Waals surface area contributed by atoms with Gasteiger partial charge in [0.25, 0.3) is 0 Å². The first-order valence-corrected chi connectivity index (χ1v) is 8.37. The number of nitrogens with one attached hydrogen (secondary N) is 1. The molecule has 1 saturated carbocycles. The van der Waals surface area contributed by atoms with E-state index in [9.17, 15) is 14.7 Å². The minimum atomic E-state index is -0.812. The Hall–Kier alpha value is -1.10. The number of likely N-dealkylation sites (tertiary alicyclic amines) is 1. The normalized spacial score (nSPS) is 28.2. The number of carboxylic acid groups (broad SMARTS) is 1. The Morgan fingerprint density at radius 1 is 1.10 bits per heavy atom. The molecule has 0 bridgehead atoms. The number of carbonyl (C=O) groups excluding carboxylic acids is 1. The molecule has 0 unspecified atom stereocenters. The molecule has 5 nitrogen and oxygen atoms in total. The van der Waals surface area contributed by atoms with E-state index in [0.29, 0.717) is 6.42 Å². The molecule has 120 valence electrons. The van der Waals surface area contributed by atoms with Crippen LogP contribution in [-0.2, 0) is 9.59 Å². The average molecular weight is 296 g/mol. The number of carboxylic acids is 1. The minimum absolute atomic E-state index is 0.0314. The lowest BCUT2D eigenvalue weighted by molar-refractivity contribution is -0.149. The van der Waals surface area contributed by atoms with Crippen LogP contribution in [0.3, 0.4) is 0 Å². The van der Waals surface area contributed by atoms with Gasteiger partial charge in [-0.25, -0.2) is 0 Å². The third kappa shape index (κ3) is 4.43. The molecule has 1 amide bonds. The van der Waals surface area contributed by atoms with Crippen LogP contribution in [0.5, 0.6) is 0 Å². The van der Waals surface area contributed by atoms with Crippen molar-refractivity contribution in [2.45, 2.75) is 57.9 Å². The van der Waals surface area contributed by atoms with E-state index in [-0.39, 0.29) is 17.9 Å². The van der Waals surface area contributed by atoms with E-state index < -0.39 is 11.9 Å². The molecule has 1 aliphatic heterocycles. The maximum absolute atomic E-state index is 12.4.